The van der Waals surface area contributed by atoms with Gasteiger partial charge in [0.25, 0.3) is 10.0 Å². The second kappa shape index (κ2) is 11.9. The highest BCUT2D eigenvalue weighted by Crippen LogP contribution is 2.24. The van der Waals surface area contributed by atoms with Crippen molar-refractivity contribution in [1.29, 1.82) is 0 Å². The first-order valence-electron chi connectivity index (χ1n) is 10.7. The molecule has 2 amide bonds. The smallest absolute Gasteiger partial charge is 0.339 e. The number of amides is 2. The van der Waals surface area contributed by atoms with Crippen LogP contribution in [-0.4, -0.2) is 69.6 Å². The number of carbonyl (C=O) groups excluding carboxylic acids is 2. The molecule has 0 fully saturated rings. The SMILES string of the molecule is COC(=O)c1ccccc1S(=O)(=O)NC(=O)N(CSc1ccc(C)cc1)c1nc(OC)nc(N(C)C)n1. The summed E-state index contributed by atoms with van der Waals surface area (Å²) in [7, 11) is 1.38. The molecule has 3 aromatic rings. The Hall–Kier alpha value is -3.91. The number of anilines is 2. The van der Waals surface area contributed by atoms with E-state index in [1.54, 1.807) is 19.0 Å². The van der Waals surface area contributed by atoms with E-state index in [0.29, 0.717) is 0 Å². The van der Waals surface area contributed by atoms with Crippen molar-refractivity contribution in [3.63, 3.8) is 0 Å². The topological polar surface area (TPSA) is 144 Å². The Morgan fingerprint density at radius 1 is 0.973 bits per heavy atom. The molecule has 0 aliphatic heterocycles. The lowest BCUT2D eigenvalue weighted by Gasteiger charge is -2.22. The minimum absolute atomic E-state index is 0.0525. The lowest BCUT2D eigenvalue weighted by atomic mass is 10.2. The van der Waals surface area contributed by atoms with Gasteiger partial charge in [0, 0.05) is 19.0 Å². The number of aryl methyl sites for hydroxylation is 1. The molecule has 0 saturated heterocycles. The van der Waals surface area contributed by atoms with Crippen LogP contribution in [0, 0.1) is 6.92 Å². The summed E-state index contributed by atoms with van der Waals surface area (Å²) in [4.78, 5) is 41.1. The van der Waals surface area contributed by atoms with Crippen molar-refractivity contribution in [2.75, 3.05) is 44.0 Å². The number of nitrogens with one attached hydrogen (secondary N) is 1. The average molecular weight is 547 g/mol. The first-order valence-corrected chi connectivity index (χ1v) is 13.2. The maximum Gasteiger partial charge on any atom is 0.339 e. The number of hydrogen-bond acceptors (Lipinski definition) is 11. The summed E-state index contributed by atoms with van der Waals surface area (Å²) in [5.41, 5.74) is 0.842. The van der Waals surface area contributed by atoms with Crippen LogP contribution in [0.3, 0.4) is 0 Å². The van der Waals surface area contributed by atoms with E-state index in [-0.39, 0.29) is 29.3 Å². The standard InChI is InChI=1S/C23H26N6O6S2/c1-15-10-12-16(13-11-15)36-14-29(21-24-20(28(2)3)25-22(26-21)35-5)23(31)27-37(32,33)18-9-7-6-8-17(18)19(30)34-4/h6-13H,14H2,1-5H3,(H,27,31). The van der Waals surface area contributed by atoms with E-state index in [9.17, 15) is 18.0 Å². The minimum atomic E-state index is -4.49. The number of esters is 1. The number of carbonyl (C=O) groups is 2. The number of urea groups is 1. The van der Waals surface area contributed by atoms with E-state index in [1.165, 1.54) is 43.1 Å². The predicted molar refractivity (Wildman–Crippen MR) is 139 cm³/mol. The molecule has 2 aromatic carbocycles. The molecule has 0 atom stereocenters. The number of sulfonamides is 1. The van der Waals surface area contributed by atoms with Crippen LogP contribution in [0.4, 0.5) is 16.7 Å². The van der Waals surface area contributed by atoms with E-state index in [4.69, 9.17) is 4.74 Å². The molecule has 0 saturated carbocycles. The number of rotatable bonds is 9. The Bertz CT molecular complexity index is 1380. The second-order valence-electron chi connectivity index (χ2n) is 7.73. The maximum absolute atomic E-state index is 13.4. The Morgan fingerprint density at radius 3 is 2.24 bits per heavy atom. The molecule has 196 valence electrons. The van der Waals surface area contributed by atoms with E-state index >= 15 is 0 Å². The summed E-state index contributed by atoms with van der Waals surface area (Å²) < 4.78 is 38.2. The highest BCUT2D eigenvalue weighted by molar-refractivity contribution is 7.99. The zero-order valence-corrected chi connectivity index (χ0v) is 22.5. The largest absolute Gasteiger partial charge is 0.467 e. The summed E-state index contributed by atoms with van der Waals surface area (Å²) >= 11 is 1.26. The number of hydrogen-bond donors (Lipinski definition) is 1. The molecule has 1 heterocycles. The monoisotopic (exact) mass is 546 g/mol. The van der Waals surface area contributed by atoms with E-state index in [0.717, 1.165) is 22.5 Å². The molecule has 1 aromatic heterocycles. The Balaban J connectivity index is 2.00. The molecule has 37 heavy (non-hydrogen) atoms. The van der Waals surface area contributed by atoms with Gasteiger partial charge < -0.3 is 14.4 Å². The number of methoxy groups -OCH3 is 2. The molecule has 0 aliphatic rings. The molecule has 14 heteroatoms. The third-order valence-electron chi connectivity index (χ3n) is 4.85. The van der Waals surface area contributed by atoms with Crippen molar-refractivity contribution >= 4 is 45.7 Å². The van der Waals surface area contributed by atoms with Gasteiger partial charge in [-0.25, -0.2) is 22.7 Å². The fourth-order valence-corrected chi connectivity index (χ4v) is 4.92. The molecular formula is C23H26N6O6S2. The van der Waals surface area contributed by atoms with Gasteiger partial charge in [0.15, 0.2) is 0 Å². The number of aromatic nitrogens is 3. The molecule has 12 nitrogen and oxygen atoms in total. The summed E-state index contributed by atoms with van der Waals surface area (Å²) in [5.74, 6) is -0.857. The van der Waals surface area contributed by atoms with Crippen LogP contribution >= 0.6 is 11.8 Å². The zero-order valence-electron chi connectivity index (χ0n) is 20.8. The number of ether oxygens (including phenoxy) is 2. The van der Waals surface area contributed by atoms with Crippen LogP contribution in [0.25, 0.3) is 0 Å². The van der Waals surface area contributed by atoms with Gasteiger partial charge >= 0.3 is 18.0 Å². The third kappa shape index (κ3) is 6.86. The van der Waals surface area contributed by atoms with Crippen LogP contribution < -0.4 is 19.3 Å². The highest BCUT2D eigenvalue weighted by atomic mass is 32.2. The lowest BCUT2D eigenvalue weighted by Crippen LogP contribution is -2.44. The van der Waals surface area contributed by atoms with Crippen LogP contribution in [0.1, 0.15) is 15.9 Å². The summed E-state index contributed by atoms with van der Waals surface area (Å²) in [6.07, 6.45) is 0. The average Bonchev–Trinajstić information content (AvgIpc) is 2.88. The van der Waals surface area contributed by atoms with Gasteiger partial charge in [0.2, 0.25) is 11.9 Å². The van der Waals surface area contributed by atoms with Gasteiger partial charge in [-0.3, -0.25) is 4.90 Å². The van der Waals surface area contributed by atoms with Crippen LogP contribution in [0.15, 0.2) is 58.3 Å². The van der Waals surface area contributed by atoms with Gasteiger partial charge in [-0.1, -0.05) is 29.8 Å². The quantitative estimate of drug-likeness (QED) is 0.240. The number of nitrogens with zero attached hydrogens (tertiary/aromatic N) is 5. The first-order chi connectivity index (χ1) is 17.6. The van der Waals surface area contributed by atoms with Crippen LogP contribution in [0.5, 0.6) is 6.01 Å². The normalized spacial score (nSPS) is 10.9. The van der Waals surface area contributed by atoms with E-state index in [1.807, 2.05) is 35.9 Å². The van der Waals surface area contributed by atoms with Crippen molar-refractivity contribution in [3.8, 4) is 6.01 Å². The summed E-state index contributed by atoms with van der Waals surface area (Å²) in [5, 5.41) is 0. The second-order valence-corrected chi connectivity index (χ2v) is 10.4. The Morgan fingerprint density at radius 2 is 1.62 bits per heavy atom. The summed E-state index contributed by atoms with van der Waals surface area (Å²) in [6, 6.07) is 11.9. The van der Waals surface area contributed by atoms with Gasteiger partial charge in [-0.05, 0) is 31.2 Å². The van der Waals surface area contributed by atoms with E-state index < -0.39 is 26.9 Å². The van der Waals surface area contributed by atoms with Crippen LogP contribution in [0.2, 0.25) is 0 Å². The van der Waals surface area contributed by atoms with Gasteiger partial charge in [-0.15, -0.1) is 11.8 Å². The van der Waals surface area contributed by atoms with Gasteiger partial charge in [0.1, 0.15) is 4.90 Å². The van der Waals surface area contributed by atoms with Crippen molar-refractivity contribution in [3.05, 3.63) is 59.7 Å². The number of benzene rings is 2. The molecule has 0 bridgehead atoms. The fraction of sp³-hybridized carbons (Fsp3) is 0.261. The van der Waals surface area contributed by atoms with Crippen LogP contribution in [-0.2, 0) is 14.8 Å². The molecule has 3 rings (SSSR count). The summed E-state index contributed by atoms with van der Waals surface area (Å²) in [6.45, 7) is 1.95. The van der Waals surface area contributed by atoms with Crippen molar-refractivity contribution in [1.82, 2.24) is 19.7 Å². The van der Waals surface area contributed by atoms with Gasteiger partial charge in [0.05, 0.1) is 25.7 Å². The van der Waals surface area contributed by atoms with E-state index in [2.05, 4.69) is 19.7 Å². The Kier molecular flexibility index (Phi) is 8.89. The maximum atomic E-state index is 13.4. The molecule has 0 aliphatic carbocycles. The Labute approximate surface area is 219 Å². The highest BCUT2D eigenvalue weighted by Gasteiger charge is 2.29. The third-order valence-corrected chi connectivity index (χ3v) is 7.22. The first kappa shape index (κ1) is 27.7. The molecule has 1 N–H and O–H groups in total. The fourth-order valence-electron chi connectivity index (χ4n) is 2.93. The van der Waals surface area contributed by atoms with Crippen molar-refractivity contribution in [2.24, 2.45) is 0 Å². The molecular weight excluding hydrogens is 520 g/mol. The molecule has 0 spiro atoms. The van der Waals surface area contributed by atoms with Gasteiger partial charge in [-0.2, -0.15) is 15.0 Å². The predicted octanol–water partition coefficient (Wildman–Crippen LogP) is 2.70. The number of thioether (sulfide) groups is 1. The molecule has 0 radical (unpaired) electrons. The lowest BCUT2D eigenvalue weighted by molar-refractivity contribution is 0.0596. The van der Waals surface area contributed by atoms with Crippen molar-refractivity contribution in [2.45, 2.75) is 16.7 Å². The zero-order chi connectivity index (χ0) is 27.2. The van der Waals surface area contributed by atoms with Crippen molar-refractivity contribution < 1.29 is 27.5 Å². The molecule has 0 unspecified atom stereocenters. The minimum Gasteiger partial charge on any atom is -0.467 e.